The van der Waals surface area contributed by atoms with Gasteiger partial charge in [0.15, 0.2) is 0 Å². The van der Waals surface area contributed by atoms with Crippen LogP contribution >= 0.6 is 11.8 Å². The number of likely N-dealkylation sites (N-methyl/N-ethyl adjacent to an activating group) is 1. The van der Waals surface area contributed by atoms with Crippen molar-refractivity contribution in [3.8, 4) is 0 Å². The summed E-state index contributed by atoms with van der Waals surface area (Å²) in [7, 11) is 1.63. The number of benzene rings is 1. The highest BCUT2D eigenvalue weighted by Crippen LogP contribution is 2.19. The number of hydrogen-bond donors (Lipinski definition) is 2. The van der Waals surface area contributed by atoms with Gasteiger partial charge in [-0.15, -0.1) is 11.8 Å². The largest absolute Gasteiger partial charge is 0.396 e. The van der Waals surface area contributed by atoms with E-state index in [1.54, 1.807) is 13.1 Å². The Morgan fingerprint density at radius 1 is 1.17 bits per heavy atom. The van der Waals surface area contributed by atoms with E-state index in [1.165, 1.54) is 27.3 Å². The Labute approximate surface area is 209 Å². The van der Waals surface area contributed by atoms with Crippen LogP contribution in [0.5, 0.6) is 0 Å². The number of amides is 2. The number of pyridine rings is 2. The number of thioether (sulfide) groups is 1. The van der Waals surface area contributed by atoms with E-state index in [0.29, 0.717) is 22.6 Å². The molecule has 0 fully saturated rings. The van der Waals surface area contributed by atoms with E-state index in [9.17, 15) is 19.5 Å². The van der Waals surface area contributed by atoms with Crippen LogP contribution < -0.4 is 10.9 Å². The Morgan fingerprint density at radius 2 is 1.86 bits per heavy atom. The summed E-state index contributed by atoms with van der Waals surface area (Å²) in [5, 5.41) is 13.6. The molecule has 0 bridgehead atoms. The highest BCUT2D eigenvalue weighted by Gasteiger charge is 2.24. The lowest BCUT2D eigenvalue weighted by Gasteiger charge is -2.28. The fraction of sp³-hybridized carbons (Fsp3) is 0.385. The monoisotopic (exact) mass is 496 g/mol. The van der Waals surface area contributed by atoms with E-state index in [0.717, 1.165) is 11.1 Å². The summed E-state index contributed by atoms with van der Waals surface area (Å²) in [5.41, 5.74) is 1.27. The van der Waals surface area contributed by atoms with Gasteiger partial charge in [-0.3, -0.25) is 19.0 Å². The van der Waals surface area contributed by atoms with Crippen LogP contribution in [0.25, 0.3) is 11.0 Å². The fourth-order valence-electron chi connectivity index (χ4n) is 3.67. The maximum Gasteiger partial charge on any atom is 0.265 e. The van der Waals surface area contributed by atoms with Crippen molar-refractivity contribution in [1.82, 2.24) is 19.8 Å². The van der Waals surface area contributed by atoms with Crippen LogP contribution in [0.4, 0.5) is 0 Å². The summed E-state index contributed by atoms with van der Waals surface area (Å²) in [5.74, 6) is -0.828. The second-order valence-corrected chi connectivity index (χ2v) is 10.3. The molecule has 3 rings (SSSR count). The van der Waals surface area contributed by atoms with Crippen molar-refractivity contribution in [2.75, 3.05) is 26.5 Å². The molecule has 2 amide bonds. The molecule has 0 unspecified atom stereocenters. The molecule has 2 aromatic heterocycles. The smallest absolute Gasteiger partial charge is 0.265 e. The number of fused-ring (bicyclic) bond motifs is 1. The lowest BCUT2D eigenvalue weighted by molar-refractivity contribution is -0.132. The number of rotatable bonds is 9. The van der Waals surface area contributed by atoms with Crippen molar-refractivity contribution < 1.29 is 14.7 Å². The van der Waals surface area contributed by atoms with Crippen molar-refractivity contribution in [2.24, 2.45) is 5.41 Å². The Balaban J connectivity index is 1.96. The van der Waals surface area contributed by atoms with Crippen molar-refractivity contribution in [3.05, 3.63) is 69.5 Å². The lowest BCUT2D eigenvalue weighted by Crippen LogP contribution is -2.41. The lowest BCUT2D eigenvalue weighted by atomic mass is 9.94. The average molecular weight is 497 g/mol. The molecule has 0 saturated heterocycles. The number of aliphatic hydroxyl groups is 1. The Kier molecular flexibility index (Phi) is 8.34. The first kappa shape index (κ1) is 26.4. The fourth-order valence-corrected chi connectivity index (χ4v) is 4.05. The molecule has 35 heavy (non-hydrogen) atoms. The molecule has 9 heteroatoms. The van der Waals surface area contributed by atoms with Crippen LogP contribution in [0.15, 0.2) is 52.3 Å². The number of carbonyl (C=O) groups is 2. The minimum atomic E-state index is -0.576. The van der Waals surface area contributed by atoms with Gasteiger partial charge < -0.3 is 15.3 Å². The first-order valence-corrected chi connectivity index (χ1v) is 12.5. The van der Waals surface area contributed by atoms with Gasteiger partial charge in [-0.05, 0) is 36.9 Å². The number of nitrogens with one attached hydrogen (secondary N) is 1. The first-order valence-electron chi connectivity index (χ1n) is 11.3. The van der Waals surface area contributed by atoms with E-state index in [2.05, 4.69) is 10.3 Å². The van der Waals surface area contributed by atoms with Gasteiger partial charge in [-0.1, -0.05) is 43.7 Å². The highest BCUT2D eigenvalue weighted by molar-refractivity contribution is 7.98. The summed E-state index contributed by atoms with van der Waals surface area (Å²) >= 11 is 1.42. The molecule has 2 N–H and O–H groups in total. The van der Waals surface area contributed by atoms with Crippen molar-refractivity contribution in [1.29, 1.82) is 0 Å². The van der Waals surface area contributed by atoms with Gasteiger partial charge in [0, 0.05) is 37.5 Å². The maximum atomic E-state index is 13.4. The van der Waals surface area contributed by atoms with Gasteiger partial charge in [-0.2, -0.15) is 0 Å². The number of aryl methyl sites for hydroxylation is 1. The molecule has 0 radical (unpaired) electrons. The van der Waals surface area contributed by atoms with Crippen LogP contribution in [0, 0.1) is 12.3 Å². The second-order valence-electron chi connectivity index (χ2n) is 9.46. The zero-order chi connectivity index (χ0) is 25.8. The molecule has 1 aromatic carbocycles. The molecule has 2 heterocycles. The van der Waals surface area contributed by atoms with Gasteiger partial charge in [0.1, 0.15) is 17.8 Å². The zero-order valence-electron chi connectivity index (χ0n) is 20.8. The van der Waals surface area contributed by atoms with Gasteiger partial charge in [0.2, 0.25) is 5.91 Å². The van der Waals surface area contributed by atoms with Crippen molar-refractivity contribution in [2.45, 2.75) is 38.9 Å². The minimum Gasteiger partial charge on any atom is -0.396 e. The summed E-state index contributed by atoms with van der Waals surface area (Å²) in [4.78, 5) is 45.5. The van der Waals surface area contributed by atoms with E-state index in [-0.39, 0.29) is 31.2 Å². The minimum absolute atomic E-state index is 0.0468. The van der Waals surface area contributed by atoms with Crippen LogP contribution in [-0.2, 0) is 17.9 Å². The van der Waals surface area contributed by atoms with Gasteiger partial charge in [0.05, 0.1) is 5.03 Å². The number of hydrogen-bond acceptors (Lipinski definition) is 6. The van der Waals surface area contributed by atoms with Crippen LogP contribution in [0.2, 0.25) is 0 Å². The Morgan fingerprint density at radius 3 is 2.49 bits per heavy atom. The second kappa shape index (κ2) is 11.0. The normalized spacial score (nSPS) is 11.5. The first-order chi connectivity index (χ1) is 16.5. The van der Waals surface area contributed by atoms with Gasteiger partial charge in [-0.25, -0.2) is 4.98 Å². The zero-order valence-corrected chi connectivity index (χ0v) is 21.6. The number of aromatic nitrogens is 2. The van der Waals surface area contributed by atoms with E-state index >= 15 is 0 Å². The maximum absolute atomic E-state index is 13.4. The molecule has 0 aliphatic rings. The summed E-state index contributed by atoms with van der Waals surface area (Å²) in [6.07, 6.45) is 1.87. The molecule has 0 aliphatic heterocycles. The number of carbonyl (C=O) groups excluding carboxylic acids is 2. The van der Waals surface area contributed by atoms with E-state index in [1.807, 2.05) is 57.4 Å². The Bertz CT molecular complexity index is 1280. The van der Waals surface area contributed by atoms with E-state index < -0.39 is 16.9 Å². The third kappa shape index (κ3) is 6.49. The van der Waals surface area contributed by atoms with Gasteiger partial charge in [0.25, 0.3) is 11.5 Å². The quantitative estimate of drug-likeness (QED) is 0.442. The summed E-state index contributed by atoms with van der Waals surface area (Å²) in [6.45, 7) is 5.93. The average Bonchev–Trinajstić information content (AvgIpc) is 2.84. The summed E-state index contributed by atoms with van der Waals surface area (Å²) in [6, 6.07) is 12.9. The predicted octanol–water partition coefficient (Wildman–Crippen LogP) is 2.83. The van der Waals surface area contributed by atoms with Gasteiger partial charge >= 0.3 is 0 Å². The number of aliphatic hydroxyl groups excluding tert-OH is 1. The molecule has 0 aliphatic carbocycles. The third-order valence-electron chi connectivity index (χ3n) is 5.75. The van der Waals surface area contributed by atoms with E-state index in [4.69, 9.17) is 0 Å². The standard InChI is InChI=1S/C26H32N4O4S/c1-17-6-8-18(9-7-17)13-27-24(33)20-12-19-10-11-21(35-5)28-23(19)30(25(20)34)14-22(32)29(4)15-26(2,3)16-31/h6-12,31H,13-16H2,1-5H3,(H,27,33). The van der Waals surface area contributed by atoms with Crippen LogP contribution in [-0.4, -0.2) is 57.8 Å². The Hall–Kier alpha value is -3.17. The van der Waals surface area contributed by atoms with Crippen LogP contribution in [0.1, 0.15) is 35.3 Å². The highest BCUT2D eigenvalue weighted by atomic mass is 32.2. The van der Waals surface area contributed by atoms with Crippen LogP contribution in [0.3, 0.4) is 0 Å². The molecule has 8 nitrogen and oxygen atoms in total. The van der Waals surface area contributed by atoms with Crippen molar-refractivity contribution in [3.63, 3.8) is 0 Å². The third-order valence-corrected chi connectivity index (χ3v) is 6.40. The SMILES string of the molecule is CSc1ccc2cc(C(=O)NCc3ccc(C)cc3)c(=O)n(CC(=O)N(C)CC(C)(C)CO)c2n1. The number of nitrogens with zero attached hydrogens (tertiary/aromatic N) is 3. The topological polar surface area (TPSA) is 105 Å². The molecule has 3 aromatic rings. The van der Waals surface area contributed by atoms with Crippen molar-refractivity contribution >= 4 is 34.6 Å². The molecule has 0 spiro atoms. The molecule has 0 atom stereocenters. The summed E-state index contributed by atoms with van der Waals surface area (Å²) < 4.78 is 1.26. The predicted molar refractivity (Wildman–Crippen MR) is 139 cm³/mol. The molecule has 186 valence electrons. The molecular formula is C26H32N4O4S. The molecular weight excluding hydrogens is 464 g/mol. The molecule has 0 saturated carbocycles.